The summed E-state index contributed by atoms with van der Waals surface area (Å²) in [5, 5.41) is 11.0. The maximum absolute atomic E-state index is 5.59. The standard InChI is InChI=1S/C43H70N6/c1-9-14-19-33(12-4)28-48(29-34(13-5)20-15-10-2)36-24-25-39(38(27-36)31(7)11-3)44-41-40(35-23-22-30(6)26-35)46-49-43(41)45-42(47-49)37-21-17-16-18-32(37)8/h24-25,27,30-34,37,46H,9-23,26,28-29H2,1-8H3/b40-35-,44-41?. The van der Waals surface area contributed by atoms with Crippen LogP contribution in [-0.4, -0.2) is 32.9 Å². The van der Waals surface area contributed by atoms with E-state index in [9.17, 15) is 0 Å². The van der Waals surface area contributed by atoms with Gasteiger partial charge < -0.3 is 4.90 Å². The topological polar surface area (TPSA) is 61.6 Å². The van der Waals surface area contributed by atoms with Crippen molar-refractivity contribution in [3.8, 4) is 0 Å². The maximum Gasteiger partial charge on any atom is 0.202 e. The zero-order valence-electron chi connectivity index (χ0n) is 32.7. The predicted octanol–water partition coefficient (Wildman–Crippen LogP) is 11.0. The van der Waals surface area contributed by atoms with E-state index in [1.165, 1.54) is 100 Å². The van der Waals surface area contributed by atoms with E-state index in [1.54, 1.807) is 0 Å². The summed E-state index contributed by atoms with van der Waals surface area (Å²) in [6, 6.07) is 7.23. The molecule has 3 aromatic rings. The lowest BCUT2D eigenvalue weighted by Gasteiger charge is -2.33. The molecule has 1 N–H and O–H groups in total. The summed E-state index contributed by atoms with van der Waals surface area (Å²) < 4.78 is 1.96. The van der Waals surface area contributed by atoms with Gasteiger partial charge in [-0.1, -0.05) is 113 Å². The summed E-state index contributed by atoms with van der Waals surface area (Å²) in [7, 11) is 0. The second-order valence-electron chi connectivity index (χ2n) is 16.3. The van der Waals surface area contributed by atoms with Crippen molar-refractivity contribution in [2.75, 3.05) is 18.0 Å². The first kappa shape index (κ1) is 37.6. The van der Waals surface area contributed by atoms with Gasteiger partial charge in [0.2, 0.25) is 5.65 Å². The third-order valence-electron chi connectivity index (χ3n) is 12.4. The fourth-order valence-corrected chi connectivity index (χ4v) is 8.63. The maximum atomic E-state index is 5.59. The Hall–Kier alpha value is -2.63. The molecular formula is C43H70N6. The molecule has 0 spiro atoms. The number of aromatic amines is 1. The molecule has 2 heterocycles. The summed E-state index contributed by atoms with van der Waals surface area (Å²) in [4.78, 5) is 13.6. The van der Waals surface area contributed by atoms with Gasteiger partial charge in [0.05, 0.1) is 11.0 Å². The van der Waals surface area contributed by atoms with E-state index >= 15 is 0 Å². The van der Waals surface area contributed by atoms with E-state index in [0.717, 1.165) is 72.1 Å². The number of fused-ring (bicyclic) bond motifs is 1. The normalized spacial score (nSPS) is 23.3. The van der Waals surface area contributed by atoms with E-state index in [-0.39, 0.29) is 0 Å². The number of unbranched alkanes of at least 4 members (excludes halogenated alkanes) is 2. The van der Waals surface area contributed by atoms with Crippen molar-refractivity contribution in [2.45, 2.75) is 170 Å². The first-order valence-corrected chi connectivity index (χ1v) is 20.7. The lowest BCUT2D eigenvalue weighted by molar-refractivity contribution is 0.319. The van der Waals surface area contributed by atoms with Gasteiger partial charge >= 0.3 is 0 Å². The number of benzene rings is 1. The summed E-state index contributed by atoms with van der Waals surface area (Å²) in [5.74, 6) is 4.65. The van der Waals surface area contributed by atoms with Gasteiger partial charge in [0, 0.05) is 24.7 Å². The monoisotopic (exact) mass is 671 g/mol. The van der Waals surface area contributed by atoms with Crippen LogP contribution in [0.25, 0.3) is 11.2 Å². The van der Waals surface area contributed by atoms with Gasteiger partial charge in [-0.05, 0) is 104 Å². The van der Waals surface area contributed by atoms with Crippen LogP contribution in [0.1, 0.15) is 181 Å². The van der Waals surface area contributed by atoms with Crippen molar-refractivity contribution in [2.24, 2.45) is 28.7 Å². The van der Waals surface area contributed by atoms with Crippen LogP contribution in [0.3, 0.4) is 0 Å². The summed E-state index contributed by atoms with van der Waals surface area (Å²) in [6.45, 7) is 21.2. The van der Waals surface area contributed by atoms with E-state index < -0.39 is 0 Å². The number of H-pyrrole nitrogens is 1. The van der Waals surface area contributed by atoms with Crippen molar-refractivity contribution in [3.05, 3.63) is 40.3 Å². The molecule has 2 aliphatic carbocycles. The molecule has 1 aromatic carbocycles. The Morgan fingerprint density at radius 2 is 1.61 bits per heavy atom. The van der Waals surface area contributed by atoms with E-state index in [4.69, 9.17) is 15.1 Å². The van der Waals surface area contributed by atoms with Gasteiger partial charge in [0.15, 0.2) is 5.82 Å². The van der Waals surface area contributed by atoms with Crippen LogP contribution >= 0.6 is 0 Å². The third kappa shape index (κ3) is 9.19. The van der Waals surface area contributed by atoms with Crippen LogP contribution in [0.2, 0.25) is 0 Å². The predicted molar refractivity (Wildman–Crippen MR) is 209 cm³/mol. The number of anilines is 1. The van der Waals surface area contributed by atoms with Gasteiger partial charge in [-0.25, -0.2) is 9.98 Å². The summed E-state index contributed by atoms with van der Waals surface area (Å²) in [6.07, 6.45) is 20.0. The molecule has 49 heavy (non-hydrogen) atoms. The number of nitrogens with one attached hydrogen (secondary N) is 1. The highest BCUT2D eigenvalue weighted by Gasteiger charge is 2.28. The lowest BCUT2D eigenvalue weighted by Crippen LogP contribution is -2.34. The van der Waals surface area contributed by atoms with Crippen LogP contribution in [0, 0.1) is 23.7 Å². The average Bonchev–Trinajstić information content (AvgIpc) is 3.82. The van der Waals surface area contributed by atoms with Crippen molar-refractivity contribution in [1.29, 1.82) is 0 Å². The van der Waals surface area contributed by atoms with E-state index in [2.05, 4.69) is 83.6 Å². The molecule has 6 atom stereocenters. The minimum Gasteiger partial charge on any atom is -0.371 e. The van der Waals surface area contributed by atoms with Crippen molar-refractivity contribution in [1.82, 2.24) is 19.8 Å². The molecule has 0 saturated heterocycles. The quantitative estimate of drug-likeness (QED) is 0.155. The minimum absolute atomic E-state index is 0.416. The second-order valence-corrected chi connectivity index (χ2v) is 16.3. The number of nitrogens with zero attached hydrogens (tertiary/aromatic N) is 5. The third-order valence-corrected chi connectivity index (χ3v) is 12.4. The largest absolute Gasteiger partial charge is 0.371 e. The lowest BCUT2D eigenvalue weighted by atomic mass is 9.80. The fourth-order valence-electron chi connectivity index (χ4n) is 8.63. The Labute approximate surface area is 298 Å². The Morgan fingerprint density at radius 3 is 2.20 bits per heavy atom. The Balaban J connectivity index is 1.61. The van der Waals surface area contributed by atoms with Gasteiger partial charge in [-0.15, -0.1) is 5.10 Å². The number of hydrogen-bond acceptors (Lipinski definition) is 4. The van der Waals surface area contributed by atoms with Crippen LogP contribution in [0.5, 0.6) is 0 Å². The molecule has 5 rings (SSSR count). The summed E-state index contributed by atoms with van der Waals surface area (Å²) >= 11 is 0. The number of hydrogen-bond donors (Lipinski definition) is 1. The smallest absolute Gasteiger partial charge is 0.202 e. The molecule has 2 aliphatic rings. The first-order valence-electron chi connectivity index (χ1n) is 20.7. The summed E-state index contributed by atoms with van der Waals surface area (Å²) in [5.41, 5.74) is 6.23. The van der Waals surface area contributed by atoms with Crippen molar-refractivity contribution >= 4 is 22.6 Å². The van der Waals surface area contributed by atoms with E-state index in [1.807, 2.05) is 4.63 Å². The van der Waals surface area contributed by atoms with E-state index in [0.29, 0.717) is 23.7 Å². The molecule has 0 radical (unpaired) electrons. The zero-order valence-corrected chi connectivity index (χ0v) is 32.7. The minimum atomic E-state index is 0.416. The van der Waals surface area contributed by atoms with Crippen LogP contribution in [-0.2, 0) is 0 Å². The first-order chi connectivity index (χ1) is 23.8. The molecule has 272 valence electrons. The molecule has 0 aliphatic heterocycles. The van der Waals surface area contributed by atoms with Crippen LogP contribution in [0.15, 0.2) is 23.2 Å². The molecular weight excluding hydrogens is 601 g/mol. The Bertz CT molecular complexity index is 1560. The highest BCUT2D eigenvalue weighted by Crippen LogP contribution is 2.37. The van der Waals surface area contributed by atoms with Gasteiger partial charge in [0.1, 0.15) is 5.36 Å². The number of aromatic nitrogens is 4. The highest BCUT2D eigenvalue weighted by atomic mass is 15.5. The molecule has 2 fully saturated rings. The SMILES string of the molecule is CCCCC(CC)CN(CC(CC)CCCC)c1ccc(N=c2/c(=C3\CCC(C)C3)[nH]n3nc(C4CCCCC4C)nc23)c(C(C)CC)c1. The fraction of sp³-hybridized carbons (Fsp3) is 0.744. The van der Waals surface area contributed by atoms with Gasteiger partial charge in [0.25, 0.3) is 0 Å². The zero-order chi connectivity index (χ0) is 34.9. The molecule has 6 nitrogen and oxygen atoms in total. The van der Waals surface area contributed by atoms with Crippen molar-refractivity contribution in [3.63, 3.8) is 0 Å². The van der Waals surface area contributed by atoms with Crippen LogP contribution < -0.4 is 15.6 Å². The average molecular weight is 671 g/mol. The highest BCUT2D eigenvalue weighted by molar-refractivity contribution is 5.60. The molecule has 0 bridgehead atoms. The molecule has 2 aromatic heterocycles. The second kappa shape index (κ2) is 18.0. The van der Waals surface area contributed by atoms with Gasteiger partial charge in [-0.2, -0.15) is 4.63 Å². The molecule has 0 amide bonds. The molecule has 6 unspecified atom stereocenters. The Kier molecular flexibility index (Phi) is 13.8. The van der Waals surface area contributed by atoms with Crippen molar-refractivity contribution < 1.29 is 0 Å². The molecule has 6 heteroatoms. The Morgan fingerprint density at radius 1 is 0.918 bits per heavy atom. The van der Waals surface area contributed by atoms with Crippen LogP contribution in [0.4, 0.5) is 11.4 Å². The molecule has 2 saturated carbocycles. The number of rotatable bonds is 17. The van der Waals surface area contributed by atoms with Gasteiger partial charge in [-0.3, -0.25) is 5.10 Å².